The van der Waals surface area contributed by atoms with Crippen molar-refractivity contribution in [1.29, 1.82) is 0 Å². The SMILES string of the molecule is O=C(Nc1cnc(N2CCNCC2)nc1)c1cc(C(=O)c2c(Cl)ccc(Cl)c2F)c[nH]1. The fourth-order valence-electron chi connectivity index (χ4n) is 3.15. The monoisotopic (exact) mass is 462 g/mol. The molecule has 0 saturated carbocycles. The Hall–Kier alpha value is -3.01. The average molecular weight is 463 g/mol. The molecule has 1 aliphatic heterocycles. The molecular formula is C20H17Cl2FN6O2. The molecule has 0 atom stereocenters. The van der Waals surface area contributed by atoms with E-state index in [1.165, 1.54) is 36.8 Å². The fraction of sp³-hybridized carbons (Fsp3) is 0.200. The van der Waals surface area contributed by atoms with Gasteiger partial charge in [-0.15, -0.1) is 0 Å². The summed E-state index contributed by atoms with van der Waals surface area (Å²) in [6.07, 6.45) is 4.33. The highest BCUT2D eigenvalue weighted by Crippen LogP contribution is 2.28. The van der Waals surface area contributed by atoms with Gasteiger partial charge in [-0.3, -0.25) is 9.59 Å². The zero-order valence-corrected chi connectivity index (χ0v) is 17.6. The van der Waals surface area contributed by atoms with E-state index in [2.05, 4.69) is 25.6 Å². The zero-order valence-electron chi connectivity index (χ0n) is 16.1. The lowest BCUT2D eigenvalue weighted by Crippen LogP contribution is -2.44. The van der Waals surface area contributed by atoms with E-state index in [-0.39, 0.29) is 26.9 Å². The summed E-state index contributed by atoms with van der Waals surface area (Å²) in [4.78, 5) is 38.5. The number of aromatic nitrogens is 3. The van der Waals surface area contributed by atoms with E-state index < -0.39 is 17.5 Å². The van der Waals surface area contributed by atoms with Crippen LogP contribution in [0.2, 0.25) is 10.0 Å². The smallest absolute Gasteiger partial charge is 0.272 e. The molecule has 3 heterocycles. The Morgan fingerprint density at radius 3 is 2.48 bits per heavy atom. The maximum atomic E-state index is 14.3. The first-order valence-electron chi connectivity index (χ1n) is 9.39. The van der Waals surface area contributed by atoms with Gasteiger partial charge in [-0.1, -0.05) is 23.2 Å². The number of hydrogen-bond donors (Lipinski definition) is 3. The quantitative estimate of drug-likeness (QED) is 0.397. The summed E-state index contributed by atoms with van der Waals surface area (Å²) < 4.78 is 14.3. The molecule has 0 aliphatic carbocycles. The number of benzene rings is 1. The Bertz CT molecular complexity index is 1130. The summed E-state index contributed by atoms with van der Waals surface area (Å²) in [5.74, 6) is -1.51. The summed E-state index contributed by atoms with van der Waals surface area (Å²) >= 11 is 11.7. The summed E-state index contributed by atoms with van der Waals surface area (Å²) in [5.41, 5.74) is 0.221. The number of nitrogens with one attached hydrogen (secondary N) is 3. The predicted octanol–water partition coefficient (Wildman–Crippen LogP) is 3.14. The van der Waals surface area contributed by atoms with Crippen LogP contribution in [-0.4, -0.2) is 52.8 Å². The van der Waals surface area contributed by atoms with Crippen LogP contribution in [0.3, 0.4) is 0 Å². The minimum Gasteiger partial charge on any atom is -0.356 e. The van der Waals surface area contributed by atoms with Crippen LogP contribution in [0.15, 0.2) is 36.8 Å². The molecule has 0 radical (unpaired) electrons. The van der Waals surface area contributed by atoms with Crippen LogP contribution >= 0.6 is 23.2 Å². The van der Waals surface area contributed by atoms with Crippen molar-refractivity contribution < 1.29 is 14.0 Å². The Labute approximate surface area is 186 Å². The second kappa shape index (κ2) is 9.01. The van der Waals surface area contributed by atoms with Gasteiger partial charge in [0.1, 0.15) is 5.69 Å². The number of hydrogen-bond acceptors (Lipinski definition) is 6. The average Bonchev–Trinajstić information content (AvgIpc) is 3.28. The van der Waals surface area contributed by atoms with Gasteiger partial charge < -0.3 is 20.5 Å². The van der Waals surface area contributed by atoms with E-state index >= 15 is 0 Å². The van der Waals surface area contributed by atoms with E-state index in [9.17, 15) is 14.0 Å². The van der Waals surface area contributed by atoms with Gasteiger partial charge in [-0.25, -0.2) is 14.4 Å². The summed E-state index contributed by atoms with van der Waals surface area (Å²) in [6.45, 7) is 3.34. The molecule has 1 aliphatic rings. The molecule has 3 aromatic rings. The number of carbonyl (C=O) groups is 2. The van der Waals surface area contributed by atoms with E-state index in [0.717, 1.165) is 26.2 Å². The van der Waals surface area contributed by atoms with Gasteiger partial charge in [-0.2, -0.15) is 0 Å². The normalized spacial score (nSPS) is 13.8. The van der Waals surface area contributed by atoms with Crippen molar-refractivity contribution in [3.05, 3.63) is 69.5 Å². The molecule has 4 rings (SSSR count). The highest BCUT2D eigenvalue weighted by atomic mass is 35.5. The van der Waals surface area contributed by atoms with Crippen LogP contribution in [0.1, 0.15) is 26.4 Å². The fourth-order valence-corrected chi connectivity index (χ4v) is 3.54. The van der Waals surface area contributed by atoms with Crippen molar-refractivity contribution in [3.63, 3.8) is 0 Å². The highest BCUT2D eigenvalue weighted by Gasteiger charge is 2.22. The number of anilines is 2. The van der Waals surface area contributed by atoms with Crippen molar-refractivity contribution in [2.24, 2.45) is 0 Å². The number of aromatic amines is 1. The maximum absolute atomic E-state index is 14.3. The van der Waals surface area contributed by atoms with Crippen molar-refractivity contribution in [3.8, 4) is 0 Å². The Balaban J connectivity index is 1.46. The molecule has 0 spiro atoms. The Kier molecular flexibility index (Phi) is 6.17. The summed E-state index contributed by atoms with van der Waals surface area (Å²) in [6, 6.07) is 3.91. The Morgan fingerprint density at radius 2 is 1.77 bits per heavy atom. The largest absolute Gasteiger partial charge is 0.356 e. The summed E-state index contributed by atoms with van der Waals surface area (Å²) in [5, 5.41) is 5.62. The van der Waals surface area contributed by atoms with Crippen molar-refractivity contribution >= 4 is 46.5 Å². The lowest BCUT2D eigenvalue weighted by molar-refractivity contribution is 0.102. The molecule has 8 nitrogen and oxygen atoms in total. The van der Waals surface area contributed by atoms with Crippen molar-refractivity contribution in [1.82, 2.24) is 20.3 Å². The molecule has 1 fully saturated rings. The number of amides is 1. The molecule has 1 aromatic carbocycles. The lowest BCUT2D eigenvalue weighted by Gasteiger charge is -2.27. The van der Waals surface area contributed by atoms with E-state index in [4.69, 9.17) is 23.2 Å². The minimum absolute atomic E-state index is 0.0681. The number of rotatable bonds is 5. The number of H-pyrrole nitrogens is 1. The number of piperazine rings is 1. The second-order valence-electron chi connectivity index (χ2n) is 6.81. The molecule has 1 saturated heterocycles. The first kappa shape index (κ1) is 21.2. The van der Waals surface area contributed by atoms with Gasteiger partial charge in [0, 0.05) is 37.9 Å². The first-order chi connectivity index (χ1) is 14.9. The molecule has 0 bridgehead atoms. The van der Waals surface area contributed by atoms with Crippen LogP contribution in [0.4, 0.5) is 16.0 Å². The van der Waals surface area contributed by atoms with Gasteiger partial charge in [-0.05, 0) is 18.2 Å². The standard InChI is InChI=1S/C20H17Cl2FN6O2/c21-13-1-2-14(22)17(23)16(13)18(30)11-7-15(25-8-11)19(31)28-12-9-26-20(27-10-12)29-5-3-24-4-6-29/h1-2,7-10,24-25H,3-6H2,(H,28,31). The molecule has 1 amide bonds. The highest BCUT2D eigenvalue weighted by molar-refractivity contribution is 6.37. The predicted molar refractivity (Wildman–Crippen MR) is 116 cm³/mol. The molecule has 160 valence electrons. The van der Waals surface area contributed by atoms with Gasteiger partial charge in [0.25, 0.3) is 5.91 Å². The third kappa shape index (κ3) is 4.53. The first-order valence-corrected chi connectivity index (χ1v) is 10.2. The third-order valence-electron chi connectivity index (χ3n) is 4.76. The lowest BCUT2D eigenvalue weighted by atomic mass is 10.0. The van der Waals surface area contributed by atoms with Crippen molar-refractivity contribution in [2.45, 2.75) is 0 Å². The van der Waals surface area contributed by atoms with Crippen LogP contribution in [0.5, 0.6) is 0 Å². The van der Waals surface area contributed by atoms with Gasteiger partial charge >= 0.3 is 0 Å². The molecule has 3 N–H and O–H groups in total. The topological polar surface area (TPSA) is 103 Å². The van der Waals surface area contributed by atoms with Crippen molar-refractivity contribution in [2.75, 3.05) is 36.4 Å². The maximum Gasteiger partial charge on any atom is 0.272 e. The second-order valence-corrected chi connectivity index (χ2v) is 7.63. The van der Waals surface area contributed by atoms with E-state index in [1.807, 2.05) is 4.90 Å². The number of nitrogens with zero attached hydrogens (tertiary/aromatic N) is 3. The molecular weight excluding hydrogens is 446 g/mol. The zero-order chi connectivity index (χ0) is 22.0. The summed E-state index contributed by atoms with van der Waals surface area (Å²) in [7, 11) is 0. The van der Waals surface area contributed by atoms with Crippen LogP contribution in [0.25, 0.3) is 0 Å². The van der Waals surface area contributed by atoms with Gasteiger partial charge in [0.05, 0.1) is 33.7 Å². The van der Waals surface area contributed by atoms with Gasteiger partial charge in [0.15, 0.2) is 11.6 Å². The third-order valence-corrected chi connectivity index (χ3v) is 5.36. The van der Waals surface area contributed by atoms with Crippen LogP contribution in [-0.2, 0) is 0 Å². The molecule has 0 unspecified atom stereocenters. The van der Waals surface area contributed by atoms with Gasteiger partial charge in [0.2, 0.25) is 5.95 Å². The van der Waals surface area contributed by atoms with Crippen LogP contribution < -0.4 is 15.5 Å². The molecule has 31 heavy (non-hydrogen) atoms. The number of carbonyl (C=O) groups excluding carboxylic acids is 2. The molecule has 11 heteroatoms. The Morgan fingerprint density at radius 1 is 1.10 bits per heavy atom. The minimum atomic E-state index is -0.909. The van der Waals surface area contributed by atoms with E-state index in [1.54, 1.807) is 0 Å². The van der Waals surface area contributed by atoms with Crippen LogP contribution in [0, 0.1) is 5.82 Å². The number of halogens is 3. The van der Waals surface area contributed by atoms with E-state index in [0.29, 0.717) is 11.6 Å². The molecule has 2 aromatic heterocycles. The number of ketones is 1.